The quantitative estimate of drug-likeness (QED) is 0.831. The predicted octanol–water partition coefficient (Wildman–Crippen LogP) is 0.453. The number of fused-ring (bicyclic) bond motifs is 1. The minimum Gasteiger partial charge on any atom is -0.392 e. The van der Waals surface area contributed by atoms with E-state index in [9.17, 15) is 5.11 Å². The van der Waals surface area contributed by atoms with E-state index in [-0.39, 0.29) is 5.92 Å². The van der Waals surface area contributed by atoms with Gasteiger partial charge in [-0.3, -0.25) is 0 Å². The Hall–Kier alpha value is -1.75. The van der Waals surface area contributed by atoms with Gasteiger partial charge in [-0.1, -0.05) is 24.3 Å². The van der Waals surface area contributed by atoms with Crippen LogP contribution in [0.1, 0.15) is 22.9 Å². The Balaban J connectivity index is 1.71. The zero-order valence-corrected chi connectivity index (χ0v) is 9.61. The third-order valence-electron chi connectivity index (χ3n) is 3.30. The fourth-order valence-electron chi connectivity index (χ4n) is 2.38. The number of benzene rings is 1. The topological polar surface area (TPSA) is 63.8 Å². The van der Waals surface area contributed by atoms with Crippen molar-refractivity contribution in [2.75, 3.05) is 0 Å². The van der Waals surface area contributed by atoms with E-state index in [0.717, 1.165) is 6.42 Å². The van der Waals surface area contributed by atoms with Crippen molar-refractivity contribution >= 4 is 0 Å². The van der Waals surface area contributed by atoms with Gasteiger partial charge in [0.1, 0.15) is 0 Å². The Bertz CT molecular complexity index is 537. The van der Waals surface area contributed by atoms with E-state index < -0.39 is 6.10 Å². The predicted molar refractivity (Wildman–Crippen MR) is 61.4 cm³/mol. The number of rotatable bonds is 3. The van der Waals surface area contributed by atoms with Crippen molar-refractivity contribution in [1.82, 2.24) is 20.2 Å². The second-order valence-electron chi connectivity index (χ2n) is 4.48. The molecule has 88 valence electrons. The first-order chi connectivity index (χ1) is 8.24. The Morgan fingerprint density at radius 2 is 2.29 bits per heavy atom. The van der Waals surface area contributed by atoms with Gasteiger partial charge >= 0.3 is 0 Å². The van der Waals surface area contributed by atoms with Crippen molar-refractivity contribution in [2.24, 2.45) is 7.05 Å². The largest absolute Gasteiger partial charge is 0.392 e. The van der Waals surface area contributed by atoms with Crippen LogP contribution in [0.2, 0.25) is 0 Å². The van der Waals surface area contributed by atoms with E-state index >= 15 is 0 Å². The SMILES string of the molecule is Cn1nnc(CC(O)C2Cc3ccccc32)n1. The zero-order valence-electron chi connectivity index (χ0n) is 9.61. The summed E-state index contributed by atoms with van der Waals surface area (Å²) in [7, 11) is 1.72. The molecule has 0 saturated carbocycles. The molecule has 0 bridgehead atoms. The molecule has 0 amide bonds. The molecule has 1 aliphatic carbocycles. The van der Waals surface area contributed by atoms with Crippen molar-refractivity contribution in [3.05, 3.63) is 41.2 Å². The first-order valence-electron chi connectivity index (χ1n) is 5.73. The number of hydrogen-bond acceptors (Lipinski definition) is 4. The number of hydrogen-bond donors (Lipinski definition) is 1. The van der Waals surface area contributed by atoms with Gasteiger partial charge in [-0.15, -0.1) is 10.2 Å². The van der Waals surface area contributed by atoms with Crippen LogP contribution in [0.25, 0.3) is 0 Å². The van der Waals surface area contributed by atoms with Crippen molar-refractivity contribution in [1.29, 1.82) is 0 Å². The maximum Gasteiger partial charge on any atom is 0.177 e. The van der Waals surface area contributed by atoms with Gasteiger partial charge in [0.15, 0.2) is 5.82 Å². The van der Waals surface area contributed by atoms with Gasteiger partial charge in [-0.05, 0) is 22.8 Å². The van der Waals surface area contributed by atoms with Gasteiger partial charge in [-0.25, -0.2) is 0 Å². The summed E-state index contributed by atoms with van der Waals surface area (Å²) in [6.07, 6.45) is 0.985. The van der Waals surface area contributed by atoms with Crippen molar-refractivity contribution in [3.8, 4) is 0 Å². The molecule has 1 aromatic heterocycles. The minimum absolute atomic E-state index is 0.218. The highest BCUT2D eigenvalue weighted by atomic mass is 16.3. The highest BCUT2D eigenvalue weighted by molar-refractivity contribution is 5.40. The lowest BCUT2D eigenvalue weighted by atomic mass is 9.74. The molecule has 0 spiro atoms. The molecule has 2 aromatic rings. The Morgan fingerprint density at radius 3 is 3.00 bits per heavy atom. The molecule has 1 aliphatic rings. The summed E-state index contributed by atoms with van der Waals surface area (Å²) in [4.78, 5) is 1.41. The minimum atomic E-state index is -0.422. The lowest BCUT2D eigenvalue weighted by Gasteiger charge is -2.33. The molecule has 1 N–H and O–H groups in total. The van der Waals surface area contributed by atoms with Crippen LogP contribution in [0.5, 0.6) is 0 Å². The third kappa shape index (κ3) is 1.82. The van der Waals surface area contributed by atoms with Gasteiger partial charge in [0.2, 0.25) is 0 Å². The molecule has 1 aromatic carbocycles. The summed E-state index contributed by atoms with van der Waals surface area (Å²) in [6.45, 7) is 0. The second kappa shape index (κ2) is 3.92. The van der Waals surface area contributed by atoms with Crippen LogP contribution in [-0.2, 0) is 19.9 Å². The molecule has 0 fully saturated rings. The molecular formula is C12H14N4O. The molecule has 0 radical (unpaired) electrons. The van der Waals surface area contributed by atoms with Crippen molar-refractivity contribution in [3.63, 3.8) is 0 Å². The highest BCUT2D eigenvalue weighted by Gasteiger charge is 2.32. The molecule has 2 atom stereocenters. The summed E-state index contributed by atoms with van der Waals surface area (Å²) in [5.74, 6) is 0.819. The standard InChI is InChI=1S/C12H14N4O/c1-16-14-12(13-15-16)7-11(17)10-6-8-4-2-3-5-9(8)10/h2-5,10-11,17H,6-7H2,1H3. The lowest BCUT2D eigenvalue weighted by Crippen LogP contribution is -2.30. The number of tetrazole rings is 1. The van der Waals surface area contributed by atoms with Crippen molar-refractivity contribution < 1.29 is 5.11 Å². The molecule has 17 heavy (non-hydrogen) atoms. The number of aryl methyl sites for hydroxylation is 1. The first-order valence-corrected chi connectivity index (χ1v) is 5.73. The summed E-state index contributed by atoms with van der Waals surface area (Å²) < 4.78 is 0. The average molecular weight is 230 g/mol. The molecular weight excluding hydrogens is 216 g/mol. The fourth-order valence-corrected chi connectivity index (χ4v) is 2.38. The van der Waals surface area contributed by atoms with Crippen LogP contribution in [0, 0.1) is 0 Å². The maximum absolute atomic E-state index is 10.2. The van der Waals surface area contributed by atoms with Crippen LogP contribution >= 0.6 is 0 Å². The average Bonchev–Trinajstić information content (AvgIpc) is 2.66. The Kier molecular flexibility index (Phi) is 2.40. The number of aliphatic hydroxyl groups excluding tert-OH is 1. The molecule has 3 rings (SSSR count). The molecule has 5 heteroatoms. The summed E-state index contributed by atoms with van der Waals surface area (Å²) in [5, 5.41) is 21.9. The van der Waals surface area contributed by atoms with E-state index in [0.29, 0.717) is 12.2 Å². The van der Waals surface area contributed by atoms with Gasteiger partial charge in [0.25, 0.3) is 0 Å². The number of nitrogens with zero attached hydrogens (tertiary/aromatic N) is 4. The van der Waals surface area contributed by atoms with Gasteiger partial charge < -0.3 is 5.11 Å². The third-order valence-corrected chi connectivity index (χ3v) is 3.30. The van der Waals surface area contributed by atoms with E-state index in [2.05, 4.69) is 27.5 Å². The number of aromatic nitrogens is 4. The molecule has 1 heterocycles. The van der Waals surface area contributed by atoms with Crippen LogP contribution in [0.15, 0.2) is 24.3 Å². The van der Waals surface area contributed by atoms with Crippen LogP contribution in [-0.4, -0.2) is 31.4 Å². The maximum atomic E-state index is 10.2. The van der Waals surface area contributed by atoms with Gasteiger partial charge in [0, 0.05) is 12.3 Å². The Labute approximate surface area is 99.1 Å². The molecule has 2 unspecified atom stereocenters. The molecule has 5 nitrogen and oxygen atoms in total. The summed E-state index contributed by atoms with van der Waals surface area (Å²) >= 11 is 0. The number of aliphatic hydroxyl groups is 1. The lowest BCUT2D eigenvalue weighted by molar-refractivity contribution is 0.131. The first kappa shape index (κ1) is 10.4. The monoisotopic (exact) mass is 230 g/mol. The zero-order chi connectivity index (χ0) is 11.8. The normalized spacial score (nSPS) is 19.5. The van der Waals surface area contributed by atoms with Gasteiger partial charge in [0.05, 0.1) is 13.2 Å². The van der Waals surface area contributed by atoms with Crippen LogP contribution < -0.4 is 0 Å². The highest BCUT2D eigenvalue weighted by Crippen LogP contribution is 2.37. The van der Waals surface area contributed by atoms with Crippen LogP contribution in [0.4, 0.5) is 0 Å². The van der Waals surface area contributed by atoms with Crippen LogP contribution in [0.3, 0.4) is 0 Å². The Morgan fingerprint density at radius 1 is 1.47 bits per heavy atom. The second-order valence-corrected chi connectivity index (χ2v) is 4.48. The smallest absolute Gasteiger partial charge is 0.177 e. The van der Waals surface area contributed by atoms with Gasteiger partial charge in [-0.2, -0.15) is 4.80 Å². The van der Waals surface area contributed by atoms with E-state index in [4.69, 9.17) is 0 Å². The van der Waals surface area contributed by atoms with Crippen molar-refractivity contribution in [2.45, 2.75) is 24.9 Å². The van der Waals surface area contributed by atoms with E-state index in [1.165, 1.54) is 15.9 Å². The van der Waals surface area contributed by atoms with E-state index in [1.54, 1.807) is 7.05 Å². The van der Waals surface area contributed by atoms with E-state index in [1.807, 2.05) is 12.1 Å². The fraction of sp³-hybridized carbons (Fsp3) is 0.417. The molecule has 0 saturated heterocycles. The summed E-state index contributed by atoms with van der Waals surface area (Å²) in [5.41, 5.74) is 2.59. The molecule has 0 aliphatic heterocycles. The summed E-state index contributed by atoms with van der Waals surface area (Å²) in [6, 6.07) is 8.24.